The Labute approximate surface area is 163 Å². The number of hydrogen-bond acceptors (Lipinski definition) is 4. The second-order valence-electron chi connectivity index (χ2n) is 6.31. The van der Waals surface area contributed by atoms with Crippen LogP contribution in [-0.2, 0) is 0 Å². The highest BCUT2D eigenvalue weighted by atomic mass is 16.5. The van der Waals surface area contributed by atoms with Gasteiger partial charge in [-0.15, -0.1) is 0 Å². The zero-order valence-electron chi connectivity index (χ0n) is 15.5. The Morgan fingerprint density at radius 2 is 1.86 bits per heavy atom. The molecule has 138 valence electrons. The molecule has 4 rings (SSSR count). The molecule has 4 aromatic rings. The maximum absolute atomic E-state index is 10.2. The topological polar surface area (TPSA) is 54.7 Å². The first-order valence-corrected chi connectivity index (χ1v) is 9.19. The van der Waals surface area contributed by atoms with E-state index in [4.69, 9.17) is 4.74 Å². The Balaban J connectivity index is 1.73. The number of ether oxygens (including phenoxy) is 1. The van der Waals surface area contributed by atoms with Crippen molar-refractivity contribution in [2.75, 3.05) is 6.61 Å². The van der Waals surface area contributed by atoms with Gasteiger partial charge in [-0.05, 0) is 42.3 Å². The summed E-state index contributed by atoms with van der Waals surface area (Å²) < 4.78 is 5.40. The van der Waals surface area contributed by atoms with Crippen LogP contribution in [0.1, 0.15) is 12.5 Å². The summed E-state index contributed by atoms with van der Waals surface area (Å²) in [5, 5.41) is 11.3. The number of aliphatic imine (C=N–C) groups is 1. The third-order valence-corrected chi connectivity index (χ3v) is 4.49. The van der Waals surface area contributed by atoms with E-state index < -0.39 is 0 Å². The molecule has 1 aromatic heterocycles. The van der Waals surface area contributed by atoms with Crippen molar-refractivity contribution < 1.29 is 9.84 Å². The van der Waals surface area contributed by atoms with Crippen LogP contribution in [0.3, 0.4) is 0 Å². The van der Waals surface area contributed by atoms with Gasteiger partial charge in [-0.2, -0.15) is 0 Å². The Bertz CT molecular complexity index is 1140. The van der Waals surface area contributed by atoms with Crippen LogP contribution in [0.2, 0.25) is 0 Å². The highest BCUT2D eigenvalue weighted by Gasteiger charge is 2.08. The quantitative estimate of drug-likeness (QED) is 0.456. The summed E-state index contributed by atoms with van der Waals surface area (Å²) in [5.41, 5.74) is 4.46. The van der Waals surface area contributed by atoms with E-state index in [9.17, 15) is 5.11 Å². The molecule has 0 radical (unpaired) electrons. The van der Waals surface area contributed by atoms with Gasteiger partial charge in [0.1, 0.15) is 11.5 Å². The van der Waals surface area contributed by atoms with Gasteiger partial charge in [0.05, 0.1) is 17.8 Å². The van der Waals surface area contributed by atoms with Crippen molar-refractivity contribution in [3.05, 3.63) is 84.6 Å². The van der Waals surface area contributed by atoms with Crippen molar-refractivity contribution in [3.8, 4) is 22.6 Å². The van der Waals surface area contributed by atoms with Gasteiger partial charge in [-0.1, -0.05) is 42.5 Å². The van der Waals surface area contributed by atoms with Gasteiger partial charge in [-0.3, -0.25) is 9.98 Å². The molecule has 0 saturated carbocycles. The van der Waals surface area contributed by atoms with E-state index in [0.29, 0.717) is 17.9 Å². The number of pyridine rings is 1. The molecule has 0 amide bonds. The molecule has 0 fully saturated rings. The number of rotatable bonds is 5. The summed E-state index contributed by atoms with van der Waals surface area (Å²) >= 11 is 0. The van der Waals surface area contributed by atoms with Crippen LogP contribution in [0.15, 0.2) is 84.0 Å². The summed E-state index contributed by atoms with van der Waals surface area (Å²) in [6, 6.07) is 23.4. The van der Waals surface area contributed by atoms with Crippen molar-refractivity contribution >= 4 is 22.8 Å². The third kappa shape index (κ3) is 3.58. The number of phenolic OH excluding ortho intramolecular Hbond substituents is 1. The lowest BCUT2D eigenvalue weighted by Crippen LogP contribution is -1.92. The zero-order chi connectivity index (χ0) is 19.3. The number of fused-ring (bicyclic) bond motifs is 1. The van der Waals surface area contributed by atoms with Crippen LogP contribution >= 0.6 is 0 Å². The standard InChI is InChI=1S/C24H20N2O2/c1-2-28-19-12-11-18(23(27)15-19)16-26-22-10-6-9-21-20(13-14-25-24(21)22)17-7-4-3-5-8-17/h3-16,27H,2H2,1H3. The van der Waals surface area contributed by atoms with Crippen LogP contribution in [0.4, 0.5) is 5.69 Å². The number of aromatic hydroxyl groups is 1. The van der Waals surface area contributed by atoms with Crippen molar-refractivity contribution in [3.63, 3.8) is 0 Å². The average molecular weight is 368 g/mol. The Kier molecular flexibility index (Phi) is 5.02. The minimum atomic E-state index is 0.132. The molecule has 1 N–H and O–H groups in total. The SMILES string of the molecule is CCOc1ccc(C=Nc2cccc3c(-c4ccccc4)ccnc23)c(O)c1. The fourth-order valence-corrected chi connectivity index (χ4v) is 3.16. The predicted octanol–water partition coefficient (Wildman–Crippen LogP) is 5.76. The van der Waals surface area contributed by atoms with Gasteiger partial charge in [-0.25, -0.2) is 0 Å². The molecule has 0 spiro atoms. The Morgan fingerprint density at radius 3 is 2.64 bits per heavy atom. The van der Waals surface area contributed by atoms with Crippen LogP contribution in [0.5, 0.6) is 11.5 Å². The summed E-state index contributed by atoms with van der Waals surface area (Å²) in [4.78, 5) is 9.13. The normalized spacial score (nSPS) is 11.2. The molecule has 0 atom stereocenters. The van der Waals surface area contributed by atoms with Crippen molar-refractivity contribution in [1.82, 2.24) is 4.98 Å². The Hall–Kier alpha value is -3.66. The predicted molar refractivity (Wildman–Crippen MR) is 114 cm³/mol. The van der Waals surface area contributed by atoms with Gasteiger partial charge in [0, 0.05) is 29.4 Å². The van der Waals surface area contributed by atoms with E-state index in [1.54, 1.807) is 24.5 Å². The summed E-state index contributed by atoms with van der Waals surface area (Å²) in [6.45, 7) is 2.46. The highest BCUT2D eigenvalue weighted by molar-refractivity contribution is 6.01. The fraction of sp³-hybridized carbons (Fsp3) is 0.0833. The first-order chi connectivity index (χ1) is 13.8. The maximum Gasteiger partial charge on any atom is 0.128 e. The lowest BCUT2D eigenvalue weighted by atomic mass is 10.0. The smallest absolute Gasteiger partial charge is 0.128 e. The second-order valence-corrected chi connectivity index (χ2v) is 6.31. The molecule has 28 heavy (non-hydrogen) atoms. The number of aromatic nitrogens is 1. The zero-order valence-corrected chi connectivity index (χ0v) is 15.5. The summed E-state index contributed by atoms with van der Waals surface area (Å²) in [7, 11) is 0. The van der Waals surface area contributed by atoms with Gasteiger partial charge in [0.2, 0.25) is 0 Å². The highest BCUT2D eigenvalue weighted by Crippen LogP contribution is 2.32. The number of benzene rings is 3. The number of phenols is 1. The van der Waals surface area contributed by atoms with E-state index in [1.807, 2.05) is 49.4 Å². The lowest BCUT2D eigenvalue weighted by molar-refractivity contribution is 0.337. The molecule has 0 bridgehead atoms. The van der Waals surface area contributed by atoms with Gasteiger partial charge in [0.15, 0.2) is 0 Å². The van der Waals surface area contributed by atoms with E-state index >= 15 is 0 Å². The van der Waals surface area contributed by atoms with Crippen LogP contribution < -0.4 is 4.74 Å². The largest absolute Gasteiger partial charge is 0.507 e. The molecule has 1 heterocycles. The van der Waals surface area contributed by atoms with Crippen molar-refractivity contribution in [2.45, 2.75) is 6.92 Å². The number of hydrogen-bond donors (Lipinski definition) is 1. The van der Waals surface area contributed by atoms with Crippen LogP contribution in [0, 0.1) is 0 Å². The maximum atomic E-state index is 10.2. The molecule has 0 aliphatic rings. The second kappa shape index (κ2) is 7.92. The molecule has 4 heteroatoms. The van der Waals surface area contributed by atoms with E-state index in [-0.39, 0.29) is 5.75 Å². The molecular weight excluding hydrogens is 348 g/mol. The molecule has 0 aliphatic heterocycles. The lowest BCUT2D eigenvalue weighted by Gasteiger charge is -2.08. The fourth-order valence-electron chi connectivity index (χ4n) is 3.16. The molecule has 0 unspecified atom stereocenters. The van der Waals surface area contributed by atoms with Gasteiger partial charge in [0.25, 0.3) is 0 Å². The van der Waals surface area contributed by atoms with Crippen molar-refractivity contribution in [2.24, 2.45) is 4.99 Å². The number of para-hydroxylation sites is 1. The minimum Gasteiger partial charge on any atom is -0.507 e. The molecule has 3 aromatic carbocycles. The van der Waals surface area contributed by atoms with Crippen molar-refractivity contribution in [1.29, 1.82) is 0 Å². The van der Waals surface area contributed by atoms with Crippen LogP contribution in [0.25, 0.3) is 22.0 Å². The summed E-state index contributed by atoms with van der Waals surface area (Å²) in [6.07, 6.45) is 3.45. The van der Waals surface area contributed by atoms with E-state index in [1.165, 1.54) is 0 Å². The first-order valence-electron chi connectivity index (χ1n) is 9.19. The molecule has 0 saturated heterocycles. The van der Waals surface area contributed by atoms with E-state index in [0.717, 1.165) is 27.7 Å². The minimum absolute atomic E-state index is 0.132. The van der Waals surface area contributed by atoms with E-state index in [2.05, 4.69) is 28.2 Å². The summed E-state index contributed by atoms with van der Waals surface area (Å²) in [5.74, 6) is 0.768. The molecule has 4 nitrogen and oxygen atoms in total. The molecular formula is C24H20N2O2. The number of nitrogens with zero attached hydrogens (tertiary/aromatic N) is 2. The average Bonchev–Trinajstić information content (AvgIpc) is 2.73. The van der Waals surface area contributed by atoms with Gasteiger partial charge < -0.3 is 9.84 Å². The monoisotopic (exact) mass is 368 g/mol. The van der Waals surface area contributed by atoms with Crippen LogP contribution in [-0.4, -0.2) is 22.9 Å². The first kappa shape index (κ1) is 17.7. The Morgan fingerprint density at radius 1 is 1.00 bits per heavy atom. The molecule has 0 aliphatic carbocycles. The van der Waals surface area contributed by atoms with Gasteiger partial charge >= 0.3 is 0 Å². The third-order valence-electron chi connectivity index (χ3n) is 4.49.